The molecule has 0 unspecified atom stereocenters. The first-order valence-electron chi connectivity index (χ1n) is 3.76. The number of nitro groups is 1. The minimum atomic E-state index is -0.632. The number of nitrogens with zero attached hydrogens (tertiary/aromatic N) is 1. The largest absolute Gasteiger partial charge is 0.502 e. The summed E-state index contributed by atoms with van der Waals surface area (Å²) in [5.74, 6) is -0.342. The van der Waals surface area contributed by atoms with Gasteiger partial charge in [0.15, 0.2) is 0 Å². The molecule has 0 atom stereocenters. The van der Waals surface area contributed by atoms with Crippen molar-refractivity contribution in [3.8, 4) is 5.75 Å². The van der Waals surface area contributed by atoms with Crippen molar-refractivity contribution in [2.45, 2.75) is 6.92 Å². The molecule has 0 saturated carbocycles. The molecule has 4 nitrogen and oxygen atoms in total. The molecule has 0 fully saturated rings. The van der Waals surface area contributed by atoms with Gasteiger partial charge in [-0.25, -0.2) is 0 Å². The summed E-state index contributed by atoms with van der Waals surface area (Å²) in [4.78, 5) is 9.91. The lowest BCUT2D eigenvalue weighted by molar-refractivity contribution is -0.386. The van der Waals surface area contributed by atoms with Gasteiger partial charge in [0, 0.05) is 16.1 Å². The Morgan fingerprint density at radius 1 is 1.64 bits per heavy atom. The monoisotopic (exact) mass is 257 g/mol. The Labute approximate surface area is 89.2 Å². The van der Waals surface area contributed by atoms with E-state index < -0.39 is 4.92 Å². The minimum absolute atomic E-state index is 0.322. The third-order valence-electron chi connectivity index (χ3n) is 1.71. The zero-order valence-corrected chi connectivity index (χ0v) is 9.04. The predicted octanol–water partition coefficient (Wildman–Crippen LogP) is 3.10. The fourth-order valence-electron chi connectivity index (χ4n) is 1.05. The van der Waals surface area contributed by atoms with E-state index in [4.69, 9.17) is 0 Å². The second-order valence-corrected chi connectivity index (χ2v) is 3.77. The Morgan fingerprint density at radius 2 is 2.21 bits per heavy atom. The number of phenolic OH excluding ortho intramolecular Hbond substituents is 1. The van der Waals surface area contributed by atoms with Gasteiger partial charge in [0.1, 0.15) is 0 Å². The van der Waals surface area contributed by atoms with Crippen molar-refractivity contribution in [2.75, 3.05) is 0 Å². The molecule has 0 aliphatic rings. The maximum atomic E-state index is 10.5. The zero-order chi connectivity index (χ0) is 10.9. The number of aromatic hydroxyl groups is 1. The van der Waals surface area contributed by atoms with E-state index in [-0.39, 0.29) is 11.4 Å². The summed E-state index contributed by atoms with van der Waals surface area (Å²) in [6.45, 7) is 5.30. The van der Waals surface area contributed by atoms with Crippen molar-refractivity contribution in [1.29, 1.82) is 0 Å². The SMILES string of the molecule is C=C(C)c1cc(Br)cc([N+](=O)[O-])c1O. The zero-order valence-electron chi connectivity index (χ0n) is 7.45. The molecule has 0 aromatic heterocycles. The van der Waals surface area contributed by atoms with Crippen molar-refractivity contribution in [2.24, 2.45) is 0 Å². The average molecular weight is 258 g/mol. The number of rotatable bonds is 2. The van der Waals surface area contributed by atoms with Gasteiger partial charge in [0.25, 0.3) is 0 Å². The van der Waals surface area contributed by atoms with Crippen LogP contribution in [0, 0.1) is 10.1 Å². The van der Waals surface area contributed by atoms with Gasteiger partial charge in [-0.2, -0.15) is 0 Å². The Hall–Kier alpha value is -1.36. The van der Waals surface area contributed by atoms with Crippen molar-refractivity contribution < 1.29 is 10.0 Å². The van der Waals surface area contributed by atoms with E-state index in [1.54, 1.807) is 13.0 Å². The Bertz CT molecular complexity index is 380. The third kappa shape index (κ3) is 1.93. The number of benzene rings is 1. The van der Waals surface area contributed by atoms with Crippen LogP contribution in [0.2, 0.25) is 0 Å². The summed E-state index contributed by atoms with van der Waals surface area (Å²) in [5, 5.41) is 20.1. The molecule has 14 heavy (non-hydrogen) atoms. The van der Waals surface area contributed by atoms with Crippen LogP contribution in [0.5, 0.6) is 5.75 Å². The van der Waals surface area contributed by atoms with E-state index in [9.17, 15) is 15.2 Å². The van der Waals surface area contributed by atoms with E-state index in [1.165, 1.54) is 6.07 Å². The molecular formula is C9H8BrNO3. The van der Waals surface area contributed by atoms with Gasteiger partial charge in [0.05, 0.1) is 4.92 Å². The predicted molar refractivity (Wildman–Crippen MR) is 57.2 cm³/mol. The first kappa shape index (κ1) is 10.7. The van der Waals surface area contributed by atoms with Crippen LogP contribution in [0.4, 0.5) is 5.69 Å². The molecule has 0 aliphatic carbocycles. The molecule has 5 heteroatoms. The number of nitro benzene ring substituents is 1. The van der Waals surface area contributed by atoms with Crippen LogP contribution in [-0.4, -0.2) is 10.0 Å². The quantitative estimate of drug-likeness (QED) is 0.654. The molecular weight excluding hydrogens is 250 g/mol. The molecule has 1 rings (SSSR count). The second-order valence-electron chi connectivity index (χ2n) is 2.86. The molecule has 0 amide bonds. The lowest BCUT2D eigenvalue weighted by atomic mass is 10.1. The molecule has 1 aromatic rings. The lowest BCUT2D eigenvalue weighted by Gasteiger charge is -2.04. The molecule has 1 N–H and O–H groups in total. The molecule has 74 valence electrons. The van der Waals surface area contributed by atoms with E-state index in [0.717, 1.165) is 0 Å². The summed E-state index contributed by atoms with van der Waals surface area (Å²) in [5.41, 5.74) is 0.635. The van der Waals surface area contributed by atoms with Gasteiger partial charge in [-0.1, -0.05) is 22.5 Å². The summed E-state index contributed by atoms with van der Waals surface area (Å²) < 4.78 is 0.542. The van der Waals surface area contributed by atoms with Crippen molar-refractivity contribution >= 4 is 27.2 Å². The molecule has 0 saturated heterocycles. The van der Waals surface area contributed by atoms with Crippen LogP contribution in [0.1, 0.15) is 12.5 Å². The summed E-state index contributed by atoms with van der Waals surface area (Å²) >= 11 is 3.13. The van der Waals surface area contributed by atoms with E-state index in [2.05, 4.69) is 22.5 Å². The standard InChI is InChI=1S/C9H8BrNO3/c1-5(2)7-3-6(10)4-8(9(7)12)11(13)14/h3-4,12H,1H2,2H3. The molecule has 0 heterocycles. The second kappa shape index (κ2) is 3.79. The van der Waals surface area contributed by atoms with E-state index in [0.29, 0.717) is 15.6 Å². The first-order valence-corrected chi connectivity index (χ1v) is 4.55. The van der Waals surface area contributed by atoms with Crippen LogP contribution < -0.4 is 0 Å². The van der Waals surface area contributed by atoms with Crippen molar-refractivity contribution in [3.63, 3.8) is 0 Å². The van der Waals surface area contributed by atoms with Gasteiger partial charge in [-0.3, -0.25) is 10.1 Å². The number of hydrogen-bond acceptors (Lipinski definition) is 3. The van der Waals surface area contributed by atoms with Crippen LogP contribution in [-0.2, 0) is 0 Å². The summed E-state index contributed by atoms with van der Waals surface area (Å²) in [6.07, 6.45) is 0. The van der Waals surface area contributed by atoms with Crippen LogP contribution >= 0.6 is 15.9 Å². The Morgan fingerprint density at radius 3 is 2.64 bits per heavy atom. The highest BCUT2D eigenvalue weighted by Gasteiger charge is 2.18. The number of hydrogen-bond donors (Lipinski definition) is 1. The van der Waals surface area contributed by atoms with Crippen LogP contribution in [0.25, 0.3) is 5.57 Å². The fraction of sp³-hybridized carbons (Fsp3) is 0.111. The molecule has 1 aromatic carbocycles. The highest BCUT2D eigenvalue weighted by Crippen LogP contribution is 2.36. The highest BCUT2D eigenvalue weighted by molar-refractivity contribution is 9.10. The van der Waals surface area contributed by atoms with Gasteiger partial charge in [-0.15, -0.1) is 0 Å². The summed E-state index contributed by atoms with van der Waals surface area (Å²) in [7, 11) is 0. The lowest BCUT2D eigenvalue weighted by Crippen LogP contribution is -1.91. The van der Waals surface area contributed by atoms with Gasteiger partial charge >= 0.3 is 5.69 Å². The number of halogens is 1. The van der Waals surface area contributed by atoms with Crippen LogP contribution in [0.3, 0.4) is 0 Å². The normalized spacial score (nSPS) is 9.86. The van der Waals surface area contributed by atoms with E-state index in [1.807, 2.05) is 0 Å². The van der Waals surface area contributed by atoms with Gasteiger partial charge in [-0.05, 0) is 18.6 Å². The van der Waals surface area contributed by atoms with Gasteiger partial charge < -0.3 is 5.11 Å². The summed E-state index contributed by atoms with van der Waals surface area (Å²) in [6, 6.07) is 2.84. The maximum Gasteiger partial charge on any atom is 0.312 e. The highest BCUT2D eigenvalue weighted by atomic mass is 79.9. The number of phenols is 1. The van der Waals surface area contributed by atoms with Crippen molar-refractivity contribution in [1.82, 2.24) is 0 Å². The first-order chi connectivity index (χ1) is 6.43. The fourth-order valence-corrected chi connectivity index (χ4v) is 1.50. The Kier molecular flexibility index (Phi) is 2.90. The molecule has 0 bridgehead atoms. The van der Waals surface area contributed by atoms with Gasteiger partial charge in [0.2, 0.25) is 5.75 Å². The molecule has 0 spiro atoms. The number of allylic oxidation sites excluding steroid dienone is 1. The molecule has 0 radical (unpaired) electrons. The van der Waals surface area contributed by atoms with E-state index >= 15 is 0 Å². The minimum Gasteiger partial charge on any atom is -0.502 e. The van der Waals surface area contributed by atoms with Crippen LogP contribution in [0.15, 0.2) is 23.2 Å². The smallest absolute Gasteiger partial charge is 0.312 e. The third-order valence-corrected chi connectivity index (χ3v) is 2.17. The average Bonchev–Trinajstić information content (AvgIpc) is 2.07. The topological polar surface area (TPSA) is 63.4 Å². The van der Waals surface area contributed by atoms with Crippen molar-refractivity contribution in [3.05, 3.63) is 38.9 Å². The maximum absolute atomic E-state index is 10.5. The Balaban J connectivity index is 3.47. The molecule has 0 aliphatic heterocycles.